The molecule has 1 saturated carbocycles. The fourth-order valence-corrected chi connectivity index (χ4v) is 4.11. The summed E-state index contributed by atoms with van der Waals surface area (Å²) in [5.41, 5.74) is 2.40. The number of alkyl halides is 3. The van der Waals surface area contributed by atoms with Crippen molar-refractivity contribution in [3.63, 3.8) is 0 Å². The molecule has 1 aromatic carbocycles. The van der Waals surface area contributed by atoms with Crippen LogP contribution in [0.2, 0.25) is 5.02 Å². The van der Waals surface area contributed by atoms with Crippen molar-refractivity contribution in [2.24, 2.45) is 0 Å². The Kier molecular flexibility index (Phi) is 7.77. The third-order valence-electron chi connectivity index (χ3n) is 5.64. The van der Waals surface area contributed by atoms with Crippen LogP contribution >= 0.6 is 11.6 Å². The van der Waals surface area contributed by atoms with Crippen LogP contribution in [0.3, 0.4) is 0 Å². The van der Waals surface area contributed by atoms with E-state index >= 15 is 0 Å². The number of hydrogen-bond donors (Lipinski definition) is 2. The van der Waals surface area contributed by atoms with Crippen molar-refractivity contribution in [1.29, 1.82) is 0 Å². The van der Waals surface area contributed by atoms with E-state index in [0.717, 1.165) is 35.5 Å². The average Bonchev–Trinajstić information content (AvgIpc) is 2.84. The minimum absolute atomic E-state index is 0.172. The van der Waals surface area contributed by atoms with Crippen LogP contribution < -0.4 is 15.4 Å². The van der Waals surface area contributed by atoms with Crippen molar-refractivity contribution in [3.8, 4) is 17.0 Å². The van der Waals surface area contributed by atoms with Gasteiger partial charge in [-0.15, -0.1) is 0 Å². The first-order valence-electron chi connectivity index (χ1n) is 11.3. The van der Waals surface area contributed by atoms with Crippen LogP contribution in [0.25, 0.3) is 11.3 Å². The number of ether oxygens (including phenoxy) is 1. The second-order valence-corrected chi connectivity index (χ2v) is 8.75. The highest BCUT2D eigenvalue weighted by molar-refractivity contribution is 6.33. The van der Waals surface area contributed by atoms with Gasteiger partial charge in [0, 0.05) is 24.3 Å². The molecule has 0 radical (unpaired) electrons. The molecule has 1 fully saturated rings. The number of nitrogens with zero attached hydrogens (tertiary/aromatic N) is 2. The molecular formula is C25H26ClF3N4O. The minimum Gasteiger partial charge on any atom is -0.484 e. The molecule has 1 aliphatic rings. The number of pyridine rings is 2. The summed E-state index contributed by atoms with van der Waals surface area (Å²) in [7, 11) is 0. The second kappa shape index (κ2) is 11.0. The number of nitrogens with one attached hydrogen (secondary N) is 2. The summed E-state index contributed by atoms with van der Waals surface area (Å²) in [5.74, 6) is 1.62. The van der Waals surface area contributed by atoms with Gasteiger partial charge in [-0.1, -0.05) is 49.1 Å². The highest BCUT2D eigenvalue weighted by Crippen LogP contribution is 2.30. The van der Waals surface area contributed by atoms with Crippen LogP contribution in [0.15, 0.2) is 54.7 Å². The van der Waals surface area contributed by atoms with Crippen LogP contribution in [0.1, 0.15) is 37.7 Å². The molecule has 0 saturated heterocycles. The molecule has 4 rings (SSSR count). The highest BCUT2D eigenvalue weighted by Gasteiger charge is 2.28. The van der Waals surface area contributed by atoms with Gasteiger partial charge in [0.2, 0.25) is 0 Å². The predicted molar refractivity (Wildman–Crippen MR) is 128 cm³/mol. The van der Waals surface area contributed by atoms with E-state index in [1.807, 2.05) is 24.3 Å². The van der Waals surface area contributed by atoms with Crippen molar-refractivity contribution in [2.45, 2.75) is 50.9 Å². The average molecular weight is 491 g/mol. The van der Waals surface area contributed by atoms with Gasteiger partial charge in [0.05, 0.1) is 10.7 Å². The summed E-state index contributed by atoms with van der Waals surface area (Å²) in [5, 5.41) is 7.28. The Labute approximate surface area is 201 Å². The van der Waals surface area contributed by atoms with Gasteiger partial charge in [0.1, 0.15) is 17.4 Å². The van der Waals surface area contributed by atoms with E-state index in [2.05, 4.69) is 20.6 Å². The first-order chi connectivity index (χ1) is 16.4. The van der Waals surface area contributed by atoms with Crippen molar-refractivity contribution < 1.29 is 17.9 Å². The molecule has 34 heavy (non-hydrogen) atoms. The van der Waals surface area contributed by atoms with Gasteiger partial charge in [0.25, 0.3) is 0 Å². The zero-order chi connectivity index (χ0) is 24.0. The lowest BCUT2D eigenvalue weighted by Gasteiger charge is -2.23. The summed E-state index contributed by atoms with van der Waals surface area (Å²) >= 11 is 6.43. The van der Waals surface area contributed by atoms with E-state index in [0.29, 0.717) is 23.4 Å². The standard InChI is InChI=1S/C25H26ClF3N4O/c26-21-15-31-24(32-18-5-2-1-3-6-18)13-20(21)22-7-4-8-23(33-22)30-14-17-9-11-19(12-10-17)34-16-25(27,28)29/h4,7-13,15,18H,1-3,5-6,14,16H2,(H,30,33)(H,31,32). The van der Waals surface area contributed by atoms with Gasteiger partial charge in [0.15, 0.2) is 6.61 Å². The molecule has 9 heteroatoms. The maximum atomic E-state index is 12.3. The Bertz CT molecular complexity index is 1090. The molecule has 0 bridgehead atoms. The molecule has 2 heterocycles. The summed E-state index contributed by atoms with van der Waals surface area (Å²) in [4.78, 5) is 9.11. The maximum absolute atomic E-state index is 12.3. The van der Waals surface area contributed by atoms with Crippen molar-refractivity contribution in [2.75, 3.05) is 17.2 Å². The Morgan fingerprint density at radius 1 is 1.00 bits per heavy atom. The molecule has 0 aliphatic heterocycles. The van der Waals surface area contributed by atoms with Crippen LogP contribution in [-0.4, -0.2) is 28.8 Å². The van der Waals surface area contributed by atoms with Crippen molar-refractivity contribution in [3.05, 3.63) is 65.3 Å². The lowest BCUT2D eigenvalue weighted by molar-refractivity contribution is -0.153. The summed E-state index contributed by atoms with van der Waals surface area (Å²) in [6, 6.07) is 14.5. The van der Waals surface area contributed by atoms with E-state index < -0.39 is 12.8 Å². The molecule has 0 unspecified atom stereocenters. The Morgan fingerprint density at radius 3 is 2.50 bits per heavy atom. The van der Waals surface area contributed by atoms with Gasteiger partial charge in [-0.3, -0.25) is 0 Å². The first-order valence-corrected chi connectivity index (χ1v) is 11.7. The summed E-state index contributed by atoms with van der Waals surface area (Å²) in [6.45, 7) is -0.856. The van der Waals surface area contributed by atoms with E-state index in [1.165, 1.54) is 31.4 Å². The van der Waals surface area contributed by atoms with E-state index in [9.17, 15) is 13.2 Å². The molecule has 180 valence electrons. The first kappa shape index (κ1) is 24.1. The molecule has 0 atom stereocenters. The minimum atomic E-state index is -4.36. The zero-order valence-electron chi connectivity index (χ0n) is 18.5. The fraction of sp³-hybridized carbons (Fsp3) is 0.360. The number of rotatable bonds is 8. The predicted octanol–water partition coefficient (Wildman–Crippen LogP) is 7.09. The molecule has 0 spiro atoms. The number of anilines is 2. The molecule has 2 aromatic heterocycles. The Morgan fingerprint density at radius 2 is 1.76 bits per heavy atom. The quantitative estimate of drug-likeness (QED) is 0.353. The fourth-order valence-electron chi connectivity index (χ4n) is 3.91. The number of hydrogen-bond acceptors (Lipinski definition) is 5. The van der Waals surface area contributed by atoms with Crippen LogP contribution in [0.4, 0.5) is 24.8 Å². The molecule has 1 aliphatic carbocycles. The van der Waals surface area contributed by atoms with Crippen LogP contribution in [0, 0.1) is 0 Å². The van der Waals surface area contributed by atoms with E-state index in [-0.39, 0.29) is 5.75 Å². The summed E-state index contributed by atoms with van der Waals surface area (Å²) < 4.78 is 41.6. The van der Waals surface area contributed by atoms with Crippen LogP contribution in [0.5, 0.6) is 5.75 Å². The maximum Gasteiger partial charge on any atom is 0.422 e. The molecule has 2 N–H and O–H groups in total. The van der Waals surface area contributed by atoms with Crippen LogP contribution in [-0.2, 0) is 6.54 Å². The lowest BCUT2D eigenvalue weighted by atomic mass is 9.95. The second-order valence-electron chi connectivity index (χ2n) is 8.34. The molecule has 3 aromatic rings. The van der Waals surface area contributed by atoms with Gasteiger partial charge in [-0.2, -0.15) is 13.2 Å². The number of halogens is 4. The SMILES string of the molecule is FC(F)(F)COc1ccc(CNc2cccc(-c3cc(NC4CCCCC4)ncc3Cl)n2)cc1. The van der Waals surface area contributed by atoms with E-state index in [4.69, 9.17) is 16.3 Å². The van der Waals surface area contributed by atoms with Gasteiger partial charge < -0.3 is 15.4 Å². The van der Waals surface area contributed by atoms with Gasteiger partial charge in [-0.25, -0.2) is 9.97 Å². The Hall–Kier alpha value is -3.00. The molecular weight excluding hydrogens is 465 g/mol. The van der Waals surface area contributed by atoms with Gasteiger partial charge >= 0.3 is 6.18 Å². The number of aromatic nitrogens is 2. The van der Waals surface area contributed by atoms with Crippen molar-refractivity contribution >= 4 is 23.2 Å². The van der Waals surface area contributed by atoms with Gasteiger partial charge in [-0.05, 0) is 48.7 Å². The molecule has 0 amide bonds. The van der Waals surface area contributed by atoms with E-state index in [1.54, 1.807) is 18.3 Å². The lowest BCUT2D eigenvalue weighted by Crippen LogP contribution is -2.22. The largest absolute Gasteiger partial charge is 0.484 e. The third-order valence-corrected chi connectivity index (χ3v) is 5.94. The Balaban J connectivity index is 1.39. The normalized spacial score (nSPS) is 14.6. The topological polar surface area (TPSA) is 59.1 Å². The number of benzene rings is 1. The highest BCUT2D eigenvalue weighted by atomic mass is 35.5. The monoisotopic (exact) mass is 490 g/mol. The summed E-state index contributed by atoms with van der Waals surface area (Å²) in [6.07, 6.45) is 3.33. The van der Waals surface area contributed by atoms with Crippen molar-refractivity contribution in [1.82, 2.24) is 9.97 Å². The smallest absolute Gasteiger partial charge is 0.422 e. The molecule has 5 nitrogen and oxygen atoms in total. The zero-order valence-corrected chi connectivity index (χ0v) is 19.3. The third kappa shape index (κ3) is 7.00.